The van der Waals surface area contributed by atoms with Crippen molar-refractivity contribution in [1.29, 1.82) is 0 Å². The summed E-state index contributed by atoms with van der Waals surface area (Å²) < 4.78 is 44.9. The minimum Gasteiger partial charge on any atom is -0.462 e. The van der Waals surface area contributed by atoms with E-state index < -0.39 is 149 Å². The number of anilines is 2. The third-order valence-corrected chi connectivity index (χ3v) is 11.4. The fourth-order valence-electron chi connectivity index (χ4n) is 7.70. The molecule has 4 saturated heterocycles. The van der Waals surface area contributed by atoms with E-state index in [1.807, 2.05) is 6.92 Å². The molecule has 2 aromatic rings. The molecule has 0 radical (unpaired) electrons. The summed E-state index contributed by atoms with van der Waals surface area (Å²) in [5, 5.41) is 150. The van der Waals surface area contributed by atoms with Gasteiger partial charge in [-0.1, -0.05) is 13.3 Å². The van der Waals surface area contributed by atoms with Crippen LogP contribution in [0.2, 0.25) is 0 Å². The molecule has 0 saturated carbocycles. The Morgan fingerprint density at radius 2 is 0.766 bits per heavy atom. The maximum atomic E-state index is 10.9. The molecule has 4 heterocycles. The lowest BCUT2D eigenvalue weighted by molar-refractivity contribution is -0.352. The van der Waals surface area contributed by atoms with E-state index >= 15 is 0 Å². The molecule has 0 bridgehead atoms. The number of hydrogen-bond acceptors (Lipinski definition) is 24. The molecule has 16 N–H and O–H groups in total. The lowest BCUT2D eigenvalue weighted by Gasteiger charge is -2.45. The largest absolute Gasteiger partial charge is 0.462 e. The van der Waals surface area contributed by atoms with Crippen molar-refractivity contribution >= 4 is 11.4 Å². The molecule has 0 unspecified atom stereocenters. The molecule has 20 atom stereocenters. The Kier molecular flexibility index (Phi) is 17.7. The summed E-state index contributed by atoms with van der Waals surface area (Å²) in [6.07, 6.45) is -30.7. The Hall–Kier alpha value is -3.16. The maximum absolute atomic E-state index is 10.9. The van der Waals surface area contributed by atoms with E-state index in [9.17, 15) is 71.5 Å². The van der Waals surface area contributed by atoms with Crippen molar-refractivity contribution in [2.24, 2.45) is 0 Å². The minimum atomic E-state index is -1.80. The molecule has 4 aliphatic rings. The first kappa shape index (κ1) is 50.3. The normalized spacial score (nSPS) is 40.5. The Morgan fingerprint density at radius 1 is 0.438 bits per heavy atom. The average Bonchev–Trinajstić information content (AvgIpc) is 3.29. The van der Waals surface area contributed by atoms with E-state index in [2.05, 4.69) is 10.6 Å². The van der Waals surface area contributed by atoms with Gasteiger partial charge < -0.3 is 120 Å². The number of rotatable bonds is 18. The second kappa shape index (κ2) is 22.6. The zero-order valence-electron chi connectivity index (χ0n) is 34.5. The number of hydrogen-bond donors (Lipinski definition) is 16. The first-order valence-electron chi connectivity index (χ1n) is 20.9. The van der Waals surface area contributed by atoms with E-state index in [0.717, 1.165) is 6.42 Å². The molecule has 4 aliphatic heterocycles. The van der Waals surface area contributed by atoms with Gasteiger partial charge in [0, 0.05) is 11.4 Å². The number of aliphatic hydroxyl groups excluding tert-OH is 14. The number of nitrogens with one attached hydrogen (secondary N) is 2. The summed E-state index contributed by atoms with van der Waals surface area (Å²) >= 11 is 0. The van der Waals surface area contributed by atoms with Gasteiger partial charge in [0.1, 0.15) is 109 Å². The van der Waals surface area contributed by atoms with Gasteiger partial charge in [0.25, 0.3) is 0 Å². The molecular formula is C40H60N2O22. The van der Waals surface area contributed by atoms with Gasteiger partial charge >= 0.3 is 0 Å². The van der Waals surface area contributed by atoms with Crippen LogP contribution in [0.15, 0.2) is 48.5 Å². The van der Waals surface area contributed by atoms with Crippen LogP contribution >= 0.6 is 0 Å². The van der Waals surface area contributed by atoms with Crippen LogP contribution in [0.3, 0.4) is 0 Å². The maximum Gasteiger partial charge on any atom is 0.229 e. The fourth-order valence-corrected chi connectivity index (χ4v) is 7.70. The molecule has 2 aromatic carbocycles. The molecule has 24 heteroatoms. The molecule has 0 amide bonds. The molecule has 0 aliphatic carbocycles. The second-order valence-corrected chi connectivity index (χ2v) is 15.9. The van der Waals surface area contributed by atoms with E-state index in [1.165, 1.54) is 0 Å². The van der Waals surface area contributed by atoms with E-state index in [-0.39, 0.29) is 17.7 Å². The monoisotopic (exact) mass is 920 g/mol. The van der Waals surface area contributed by atoms with Crippen molar-refractivity contribution in [3.63, 3.8) is 0 Å². The van der Waals surface area contributed by atoms with Gasteiger partial charge in [0.05, 0.1) is 32.6 Å². The predicted octanol–water partition coefficient (Wildman–Crippen LogP) is -5.66. The van der Waals surface area contributed by atoms with Crippen LogP contribution in [0.1, 0.15) is 19.8 Å². The van der Waals surface area contributed by atoms with Gasteiger partial charge in [-0.25, -0.2) is 0 Å². The van der Waals surface area contributed by atoms with Crippen LogP contribution in [-0.2, 0) is 28.4 Å². The SMILES string of the molecule is CCCC(Nc1ccc(O[C@@H]2O[C@H](CO)[C@@H](O[C@H]3O[C@H](CO)[C@@H](O)[C@H](O)[C@H]3O)[C@H](O)[C@H]2O)cc1)Nc1ccc(O[C@@H]2O[C@H](CO)[C@@H](O[C@H]3O[C@H](CO)[C@@H](O)[C@H](O)[C@H]3O)[C@H](O)[C@H]2O)cc1. The molecule has 4 fully saturated rings. The lowest BCUT2D eigenvalue weighted by Crippen LogP contribution is -2.65. The smallest absolute Gasteiger partial charge is 0.229 e. The minimum absolute atomic E-state index is 0.226. The quantitative estimate of drug-likeness (QED) is 0.0620. The molecular weight excluding hydrogens is 860 g/mol. The molecule has 64 heavy (non-hydrogen) atoms. The summed E-state index contributed by atoms with van der Waals surface area (Å²) in [7, 11) is 0. The highest BCUT2D eigenvalue weighted by Gasteiger charge is 2.53. The second-order valence-electron chi connectivity index (χ2n) is 15.9. The van der Waals surface area contributed by atoms with E-state index in [0.29, 0.717) is 17.8 Å². The molecule has 24 nitrogen and oxygen atoms in total. The van der Waals surface area contributed by atoms with Crippen LogP contribution in [0.4, 0.5) is 11.4 Å². The van der Waals surface area contributed by atoms with Crippen LogP contribution in [-0.4, -0.2) is 227 Å². The Bertz CT molecular complexity index is 1580. The predicted molar refractivity (Wildman–Crippen MR) is 213 cm³/mol. The van der Waals surface area contributed by atoms with Crippen LogP contribution < -0.4 is 20.1 Å². The highest BCUT2D eigenvalue weighted by molar-refractivity contribution is 5.52. The topological polar surface area (TPSA) is 381 Å². The van der Waals surface area contributed by atoms with Gasteiger partial charge in [0.15, 0.2) is 12.6 Å². The van der Waals surface area contributed by atoms with Crippen molar-refractivity contribution in [3.05, 3.63) is 48.5 Å². The third kappa shape index (κ3) is 11.3. The average molecular weight is 921 g/mol. The highest BCUT2D eigenvalue weighted by atomic mass is 16.8. The van der Waals surface area contributed by atoms with E-state index in [1.54, 1.807) is 48.5 Å². The summed E-state index contributed by atoms with van der Waals surface area (Å²) in [4.78, 5) is 0. The zero-order chi connectivity index (χ0) is 46.4. The molecule has 362 valence electrons. The summed E-state index contributed by atoms with van der Waals surface area (Å²) in [6, 6.07) is 13.1. The van der Waals surface area contributed by atoms with Crippen molar-refractivity contribution in [2.75, 3.05) is 37.1 Å². The zero-order valence-corrected chi connectivity index (χ0v) is 34.5. The molecule has 0 aromatic heterocycles. The van der Waals surface area contributed by atoms with Gasteiger partial charge in [-0.3, -0.25) is 0 Å². The Morgan fingerprint density at radius 3 is 1.09 bits per heavy atom. The summed E-state index contributed by atoms with van der Waals surface area (Å²) in [6.45, 7) is -0.892. The van der Waals surface area contributed by atoms with Crippen LogP contribution in [0.25, 0.3) is 0 Å². The van der Waals surface area contributed by atoms with Gasteiger partial charge in [-0.2, -0.15) is 0 Å². The fraction of sp³-hybridized carbons (Fsp3) is 0.700. The van der Waals surface area contributed by atoms with Crippen LogP contribution in [0.5, 0.6) is 11.5 Å². The summed E-state index contributed by atoms with van der Waals surface area (Å²) in [5.74, 6) is 0.452. The van der Waals surface area contributed by atoms with Crippen molar-refractivity contribution in [1.82, 2.24) is 0 Å². The van der Waals surface area contributed by atoms with Crippen molar-refractivity contribution < 1.29 is 109 Å². The van der Waals surface area contributed by atoms with Gasteiger partial charge in [-0.05, 0) is 55.0 Å². The molecule has 0 spiro atoms. The summed E-state index contributed by atoms with van der Waals surface area (Å²) in [5.41, 5.74) is 1.33. The first-order valence-corrected chi connectivity index (χ1v) is 20.9. The van der Waals surface area contributed by atoms with Gasteiger partial charge in [0.2, 0.25) is 12.6 Å². The third-order valence-electron chi connectivity index (χ3n) is 11.4. The van der Waals surface area contributed by atoms with Gasteiger partial charge in [-0.15, -0.1) is 0 Å². The van der Waals surface area contributed by atoms with Crippen LogP contribution in [0, 0.1) is 0 Å². The Labute approximate surface area is 366 Å². The highest BCUT2D eigenvalue weighted by Crippen LogP contribution is 2.33. The Balaban J connectivity index is 1.01. The lowest BCUT2D eigenvalue weighted by atomic mass is 9.97. The van der Waals surface area contributed by atoms with Crippen molar-refractivity contribution in [3.8, 4) is 11.5 Å². The standard InChI is InChI=1S/C40H60N2O22/c1-2-3-24(41-16-4-8-18(9-5-16)57-37-33(55)29(51)35(22(14-45)61-37)63-39-31(53)27(49)25(47)20(12-43)59-39)42-17-6-10-19(11-7-17)58-38-34(56)30(52)36(23(15-46)62-38)64-40-32(54)28(50)26(48)21(13-44)60-40/h4-11,20-56H,2-3,12-15H2,1H3/t20-,21-,22-,23-,25-,26-,27+,28+,29-,30-,31-,32-,33-,34-,35-,36-,37-,38-,39-,40-/m1/s1. The van der Waals surface area contributed by atoms with E-state index in [4.69, 9.17) is 37.9 Å². The number of aliphatic hydroxyl groups is 14. The van der Waals surface area contributed by atoms with Crippen molar-refractivity contribution in [2.45, 2.75) is 149 Å². The molecule has 6 rings (SSSR count). The first-order chi connectivity index (χ1) is 30.6. The number of ether oxygens (including phenoxy) is 8. The number of benzene rings is 2.